The fourth-order valence-corrected chi connectivity index (χ4v) is 1.79. The minimum atomic E-state index is -1.06. The topological polar surface area (TPSA) is 78.9 Å². The second-order valence-corrected chi connectivity index (χ2v) is 5.84. The van der Waals surface area contributed by atoms with E-state index in [-0.39, 0.29) is 0 Å². The summed E-state index contributed by atoms with van der Waals surface area (Å²) >= 11 is 0. The highest BCUT2D eigenvalue weighted by atomic mass is 16.5. The van der Waals surface area contributed by atoms with E-state index in [1.807, 2.05) is 0 Å². The molecule has 0 aliphatic heterocycles. The van der Waals surface area contributed by atoms with Crippen molar-refractivity contribution in [2.24, 2.45) is 5.41 Å². The standard InChI is InChI=1S/C15H22N2O4/c1-15(2,3)12(13(18)19)16-14(20)17(4)10-6-8-11(21-5)9-7-10/h6-9,12H,1-5H3,(H,16,20)(H,18,19)/t12-/m0/s1. The van der Waals surface area contributed by atoms with Gasteiger partial charge in [0.25, 0.3) is 0 Å². The summed E-state index contributed by atoms with van der Waals surface area (Å²) in [5.74, 6) is -0.371. The number of hydrogen-bond donors (Lipinski definition) is 2. The summed E-state index contributed by atoms with van der Waals surface area (Å²) in [6.07, 6.45) is 0. The molecule has 0 saturated carbocycles. The van der Waals surface area contributed by atoms with Crippen LogP contribution in [0.1, 0.15) is 20.8 Å². The number of rotatable bonds is 4. The lowest BCUT2D eigenvalue weighted by atomic mass is 9.87. The lowest BCUT2D eigenvalue weighted by molar-refractivity contribution is -0.141. The van der Waals surface area contributed by atoms with Gasteiger partial charge in [0.1, 0.15) is 11.8 Å². The van der Waals surface area contributed by atoms with Gasteiger partial charge in [0.15, 0.2) is 0 Å². The summed E-state index contributed by atoms with van der Waals surface area (Å²) in [7, 11) is 3.14. The van der Waals surface area contributed by atoms with Crippen LogP contribution in [0.5, 0.6) is 5.75 Å². The third kappa shape index (κ3) is 4.37. The van der Waals surface area contributed by atoms with Gasteiger partial charge in [0.05, 0.1) is 7.11 Å². The van der Waals surface area contributed by atoms with Crippen LogP contribution >= 0.6 is 0 Å². The minimum absolute atomic E-state index is 0.470. The van der Waals surface area contributed by atoms with Crippen molar-refractivity contribution in [1.82, 2.24) is 5.32 Å². The zero-order valence-corrected chi connectivity index (χ0v) is 13.0. The Bertz CT molecular complexity index is 505. The number of aliphatic carboxylic acids is 1. The number of nitrogens with zero attached hydrogens (tertiary/aromatic N) is 1. The van der Waals surface area contributed by atoms with E-state index < -0.39 is 23.5 Å². The molecule has 1 aromatic carbocycles. The predicted molar refractivity (Wildman–Crippen MR) is 80.8 cm³/mol. The molecule has 21 heavy (non-hydrogen) atoms. The number of anilines is 1. The van der Waals surface area contributed by atoms with Crippen molar-refractivity contribution in [2.45, 2.75) is 26.8 Å². The molecule has 2 N–H and O–H groups in total. The number of ether oxygens (including phenoxy) is 1. The Balaban J connectivity index is 2.84. The number of urea groups is 1. The molecule has 0 bridgehead atoms. The third-order valence-corrected chi connectivity index (χ3v) is 3.15. The van der Waals surface area contributed by atoms with E-state index in [1.54, 1.807) is 59.2 Å². The van der Waals surface area contributed by atoms with E-state index in [9.17, 15) is 14.7 Å². The number of amides is 2. The number of hydrogen-bond acceptors (Lipinski definition) is 3. The van der Waals surface area contributed by atoms with Crippen LogP contribution in [0.4, 0.5) is 10.5 Å². The second kappa shape index (κ2) is 6.47. The fourth-order valence-electron chi connectivity index (χ4n) is 1.79. The van der Waals surface area contributed by atoms with Gasteiger partial charge in [-0.15, -0.1) is 0 Å². The number of carboxylic acid groups (broad SMARTS) is 1. The average molecular weight is 294 g/mol. The SMILES string of the molecule is COc1ccc(N(C)C(=O)N[C@@H](C(=O)O)C(C)(C)C)cc1. The van der Waals surface area contributed by atoms with E-state index in [1.165, 1.54) is 4.90 Å². The van der Waals surface area contributed by atoms with Gasteiger partial charge < -0.3 is 15.2 Å². The molecule has 0 unspecified atom stereocenters. The zero-order valence-electron chi connectivity index (χ0n) is 13.0. The predicted octanol–water partition coefficient (Wildman–Crippen LogP) is 2.34. The first-order valence-corrected chi connectivity index (χ1v) is 6.58. The Hall–Kier alpha value is -2.24. The van der Waals surface area contributed by atoms with Gasteiger partial charge in [-0.3, -0.25) is 4.90 Å². The van der Waals surface area contributed by atoms with Crippen LogP contribution in [0, 0.1) is 5.41 Å². The number of carbonyl (C=O) groups is 2. The van der Waals surface area contributed by atoms with Crippen molar-refractivity contribution in [2.75, 3.05) is 19.1 Å². The Morgan fingerprint density at radius 2 is 1.76 bits per heavy atom. The molecule has 6 heteroatoms. The molecule has 1 aromatic rings. The number of carboxylic acids is 1. The molecule has 0 heterocycles. The van der Waals surface area contributed by atoms with Crippen LogP contribution in [-0.2, 0) is 4.79 Å². The highest BCUT2D eigenvalue weighted by Gasteiger charge is 2.33. The monoisotopic (exact) mass is 294 g/mol. The van der Waals surface area contributed by atoms with Gasteiger partial charge in [-0.25, -0.2) is 9.59 Å². The maximum Gasteiger partial charge on any atom is 0.326 e. The number of nitrogens with one attached hydrogen (secondary N) is 1. The molecule has 116 valence electrons. The molecule has 1 rings (SSSR count). The molecule has 1 atom stereocenters. The Kier molecular flexibility index (Phi) is 5.18. The maximum absolute atomic E-state index is 12.2. The summed E-state index contributed by atoms with van der Waals surface area (Å²) in [6.45, 7) is 5.29. The maximum atomic E-state index is 12.2. The highest BCUT2D eigenvalue weighted by molar-refractivity contribution is 5.94. The molecule has 0 fully saturated rings. The molecular formula is C15H22N2O4. The lowest BCUT2D eigenvalue weighted by Gasteiger charge is -2.29. The molecule has 6 nitrogen and oxygen atoms in total. The summed E-state index contributed by atoms with van der Waals surface area (Å²) in [5.41, 5.74) is 0.0637. The van der Waals surface area contributed by atoms with Crippen LogP contribution < -0.4 is 15.0 Å². The summed E-state index contributed by atoms with van der Waals surface area (Å²) < 4.78 is 5.05. The Labute approximate surface area is 124 Å². The molecule has 0 spiro atoms. The highest BCUT2D eigenvalue weighted by Crippen LogP contribution is 2.21. The molecular weight excluding hydrogens is 272 g/mol. The van der Waals surface area contributed by atoms with Crippen LogP contribution in [0.15, 0.2) is 24.3 Å². The number of carbonyl (C=O) groups excluding carboxylic acids is 1. The van der Waals surface area contributed by atoms with Gasteiger partial charge >= 0.3 is 12.0 Å². The van der Waals surface area contributed by atoms with Gasteiger partial charge in [-0.2, -0.15) is 0 Å². The van der Waals surface area contributed by atoms with Crippen molar-refractivity contribution in [3.63, 3.8) is 0 Å². The summed E-state index contributed by atoms with van der Waals surface area (Å²) in [4.78, 5) is 24.8. The first kappa shape index (κ1) is 16.8. The first-order valence-electron chi connectivity index (χ1n) is 6.58. The Morgan fingerprint density at radius 3 is 2.14 bits per heavy atom. The van der Waals surface area contributed by atoms with E-state index in [4.69, 9.17) is 4.74 Å². The number of benzene rings is 1. The van der Waals surface area contributed by atoms with Gasteiger partial charge in [0.2, 0.25) is 0 Å². The van der Waals surface area contributed by atoms with Gasteiger partial charge in [-0.05, 0) is 29.7 Å². The van der Waals surface area contributed by atoms with E-state index >= 15 is 0 Å². The summed E-state index contributed by atoms with van der Waals surface area (Å²) in [5, 5.41) is 11.8. The van der Waals surface area contributed by atoms with Crippen LogP contribution in [0.25, 0.3) is 0 Å². The van der Waals surface area contributed by atoms with Crippen molar-refractivity contribution in [3.05, 3.63) is 24.3 Å². The largest absolute Gasteiger partial charge is 0.497 e. The molecule has 0 radical (unpaired) electrons. The quantitative estimate of drug-likeness (QED) is 0.893. The fraction of sp³-hybridized carbons (Fsp3) is 0.467. The lowest BCUT2D eigenvalue weighted by Crippen LogP contribution is -2.52. The number of methoxy groups -OCH3 is 1. The molecule has 0 aliphatic carbocycles. The summed E-state index contributed by atoms with van der Waals surface area (Å²) in [6, 6.07) is 5.49. The zero-order chi connectivity index (χ0) is 16.2. The van der Waals surface area contributed by atoms with Gasteiger partial charge in [-0.1, -0.05) is 20.8 Å². The molecule has 0 aromatic heterocycles. The normalized spacial score (nSPS) is 12.4. The van der Waals surface area contributed by atoms with Gasteiger partial charge in [0, 0.05) is 12.7 Å². The molecule has 2 amide bonds. The first-order chi connectivity index (χ1) is 9.66. The van der Waals surface area contributed by atoms with E-state index in [2.05, 4.69) is 5.32 Å². The van der Waals surface area contributed by atoms with Crippen LogP contribution in [-0.4, -0.2) is 37.3 Å². The third-order valence-electron chi connectivity index (χ3n) is 3.15. The Morgan fingerprint density at radius 1 is 1.24 bits per heavy atom. The van der Waals surface area contributed by atoms with Crippen molar-refractivity contribution < 1.29 is 19.4 Å². The molecule has 0 saturated heterocycles. The van der Waals surface area contributed by atoms with Crippen LogP contribution in [0.3, 0.4) is 0 Å². The van der Waals surface area contributed by atoms with E-state index in [0.717, 1.165) is 0 Å². The second-order valence-electron chi connectivity index (χ2n) is 5.84. The van der Waals surface area contributed by atoms with Crippen molar-refractivity contribution in [3.8, 4) is 5.75 Å². The smallest absolute Gasteiger partial charge is 0.326 e. The van der Waals surface area contributed by atoms with Crippen molar-refractivity contribution in [1.29, 1.82) is 0 Å². The van der Waals surface area contributed by atoms with Crippen LogP contribution in [0.2, 0.25) is 0 Å². The molecule has 0 aliphatic rings. The minimum Gasteiger partial charge on any atom is -0.497 e. The average Bonchev–Trinajstić information content (AvgIpc) is 2.42. The van der Waals surface area contributed by atoms with E-state index in [0.29, 0.717) is 11.4 Å². The van der Waals surface area contributed by atoms with Crippen molar-refractivity contribution >= 4 is 17.7 Å².